The fourth-order valence-electron chi connectivity index (χ4n) is 7.53. The Kier molecular flexibility index (Phi) is 5.02. The summed E-state index contributed by atoms with van der Waals surface area (Å²) in [6.45, 7) is 6.04. The van der Waals surface area contributed by atoms with Crippen molar-refractivity contribution in [2.75, 3.05) is 0 Å². The monoisotopic (exact) mass is 471 g/mol. The van der Waals surface area contributed by atoms with Crippen LogP contribution in [0.1, 0.15) is 63.5 Å². The topological polar surface area (TPSA) is 21.3 Å². The summed E-state index contributed by atoms with van der Waals surface area (Å²) >= 11 is 3.61. The Bertz CT molecular complexity index is 942. The lowest BCUT2D eigenvalue weighted by Gasteiger charge is -2.65. The third-order valence-corrected chi connectivity index (χ3v) is 8.14. The number of ether oxygens (including phenoxy) is 1. The minimum atomic E-state index is -0.218. The van der Waals surface area contributed by atoms with Gasteiger partial charge >= 0.3 is 0 Å². The van der Waals surface area contributed by atoms with Gasteiger partial charge in [0.15, 0.2) is 0 Å². The lowest BCUT2D eigenvalue weighted by atomic mass is 9.43. The van der Waals surface area contributed by atoms with E-state index < -0.39 is 0 Å². The summed E-state index contributed by atoms with van der Waals surface area (Å²) in [5, 5.41) is 4.00. The summed E-state index contributed by atoms with van der Waals surface area (Å²) in [5.41, 5.74) is 2.94. The van der Waals surface area contributed by atoms with E-state index in [1.807, 2.05) is 18.2 Å². The largest absolute Gasteiger partial charge is 0.488 e. The van der Waals surface area contributed by atoms with Crippen molar-refractivity contribution >= 4 is 15.9 Å². The van der Waals surface area contributed by atoms with Crippen LogP contribution in [-0.4, -0.2) is 5.54 Å². The van der Waals surface area contributed by atoms with Crippen LogP contribution >= 0.6 is 15.9 Å². The molecule has 0 saturated heterocycles. The van der Waals surface area contributed by atoms with Gasteiger partial charge in [-0.05, 0) is 79.5 Å². The molecule has 0 aliphatic heterocycles. The highest BCUT2D eigenvalue weighted by molar-refractivity contribution is 9.10. The molecule has 160 valence electrons. The molecule has 4 saturated carbocycles. The third-order valence-electron chi connectivity index (χ3n) is 7.64. The van der Waals surface area contributed by atoms with Crippen LogP contribution in [0.5, 0.6) is 5.75 Å². The molecule has 4 atom stereocenters. The van der Waals surface area contributed by atoms with E-state index >= 15 is 0 Å². The quantitative estimate of drug-likeness (QED) is 0.489. The highest BCUT2D eigenvalue weighted by Gasteiger charge is 2.59. The van der Waals surface area contributed by atoms with Crippen molar-refractivity contribution in [2.24, 2.45) is 16.7 Å². The molecule has 0 heterocycles. The van der Waals surface area contributed by atoms with Crippen molar-refractivity contribution in [3.63, 3.8) is 0 Å². The molecular formula is C26H31BrFNO. The minimum absolute atomic E-state index is 0.218. The van der Waals surface area contributed by atoms with E-state index in [-0.39, 0.29) is 18.0 Å². The standard InChI is InChI=1S/C26H31BrFNO/c1-24-10-18-11-25(2,15-24)17-26(12-18,16-24)29-13-20-9-21(27)7-8-23(20)30-14-19-5-3-4-6-22(19)28/h3-9,18,29H,10-17H2,1-2H3/t18?,24-,25+,26?. The molecule has 1 N–H and O–H groups in total. The fraction of sp³-hybridized carbons (Fsp3) is 0.538. The van der Waals surface area contributed by atoms with Crippen LogP contribution < -0.4 is 10.1 Å². The van der Waals surface area contributed by atoms with Gasteiger partial charge in [0, 0.05) is 27.7 Å². The van der Waals surface area contributed by atoms with Crippen LogP contribution in [0.3, 0.4) is 0 Å². The molecule has 0 spiro atoms. The number of nitrogens with one attached hydrogen (secondary N) is 1. The zero-order chi connectivity index (χ0) is 21.0. The van der Waals surface area contributed by atoms with Crippen molar-refractivity contribution in [1.82, 2.24) is 5.32 Å². The molecule has 2 nitrogen and oxygen atoms in total. The first-order chi connectivity index (χ1) is 14.3. The predicted octanol–water partition coefficient (Wildman–Crippen LogP) is 7.01. The second-order valence-corrected chi connectivity index (χ2v) is 11.8. The van der Waals surface area contributed by atoms with Gasteiger partial charge in [0.05, 0.1) is 0 Å². The van der Waals surface area contributed by atoms with Crippen molar-refractivity contribution < 1.29 is 9.13 Å². The molecule has 0 amide bonds. The zero-order valence-corrected chi connectivity index (χ0v) is 19.5. The number of hydrogen-bond donors (Lipinski definition) is 1. The smallest absolute Gasteiger partial charge is 0.129 e. The van der Waals surface area contributed by atoms with Gasteiger partial charge in [-0.25, -0.2) is 4.39 Å². The molecule has 6 rings (SSSR count). The van der Waals surface area contributed by atoms with Crippen LogP contribution in [-0.2, 0) is 13.2 Å². The Morgan fingerprint density at radius 1 is 1.00 bits per heavy atom. The summed E-state index contributed by atoms with van der Waals surface area (Å²) < 4.78 is 21.1. The van der Waals surface area contributed by atoms with Crippen LogP contribution in [0.4, 0.5) is 4.39 Å². The van der Waals surface area contributed by atoms with Gasteiger partial charge < -0.3 is 10.1 Å². The molecule has 0 aromatic heterocycles. The Hall–Kier alpha value is -1.39. The molecule has 2 aromatic carbocycles. The Labute approximate surface area is 187 Å². The molecule has 4 bridgehead atoms. The maximum absolute atomic E-state index is 14.0. The molecule has 30 heavy (non-hydrogen) atoms. The summed E-state index contributed by atoms with van der Waals surface area (Å²) in [5.74, 6) is 1.48. The normalized spacial score (nSPS) is 34.3. The maximum atomic E-state index is 14.0. The van der Waals surface area contributed by atoms with Crippen LogP contribution in [0.2, 0.25) is 0 Å². The third kappa shape index (κ3) is 3.93. The first-order valence-corrected chi connectivity index (χ1v) is 11.9. The average molecular weight is 472 g/mol. The van der Waals surface area contributed by atoms with E-state index in [9.17, 15) is 4.39 Å². The summed E-state index contributed by atoms with van der Waals surface area (Å²) in [6.07, 6.45) is 8.06. The number of hydrogen-bond acceptors (Lipinski definition) is 2. The molecule has 4 aliphatic carbocycles. The van der Waals surface area contributed by atoms with E-state index in [0.29, 0.717) is 16.4 Å². The molecule has 0 radical (unpaired) electrons. The summed E-state index contributed by atoms with van der Waals surface area (Å²) in [4.78, 5) is 0. The van der Waals surface area contributed by atoms with E-state index in [1.54, 1.807) is 12.1 Å². The molecule has 2 unspecified atom stereocenters. The first-order valence-electron chi connectivity index (χ1n) is 11.2. The van der Waals surface area contributed by atoms with Gasteiger partial charge in [0.2, 0.25) is 0 Å². The number of benzene rings is 2. The molecule has 4 aliphatic rings. The lowest BCUT2D eigenvalue weighted by molar-refractivity contribution is -0.118. The van der Waals surface area contributed by atoms with Gasteiger partial charge in [-0.2, -0.15) is 0 Å². The van der Waals surface area contributed by atoms with E-state index in [4.69, 9.17) is 4.74 Å². The van der Waals surface area contributed by atoms with E-state index in [2.05, 4.69) is 41.2 Å². The van der Waals surface area contributed by atoms with Crippen LogP contribution in [0.15, 0.2) is 46.9 Å². The second-order valence-electron chi connectivity index (χ2n) is 10.9. The van der Waals surface area contributed by atoms with Gasteiger partial charge in [-0.15, -0.1) is 0 Å². The molecular weight excluding hydrogens is 441 g/mol. The van der Waals surface area contributed by atoms with Gasteiger partial charge in [0.1, 0.15) is 18.2 Å². The Morgan fingerprint density at radius 3 is 2.43 bits per heavy atom. The summed E-state index contributed by atoms with van der Waals surface area (Å²) in [6, 6.07) is 12.9. The lowest BCUT2D eigenvalue weighted by Crippen LogP contribution is -2.63. The van der Waals surface area contributed by atoms with Crippen molar-refractivity contribution in [3.05, 3.63) is 63.9 Å². The highest BCUT2D eigenvalue weighted by Crippen LogP contribution is 2.66. The first kappa shape index (κ1) is 20.5. The molecule has 4 fully saturated rings. The van der Waals surface area contributed by atoms with E-state index in [0.717, 1.165) is 28.2 Å². The van der Waals surface area contributed by atoms with Crippen LogP contribution in [0, 0.1) is 22.6 Å². The maximum Gasteiger partial charge on any atom is 0.129 e. The number of rotatable bonds is 6. The molecule has 4 heteroatoms. The summed E-state index contributed by atoms with van der Waals surface area (Å²) in [7, 11) is 0. The molecule has 2 aromatic rings. The highest BCUT2D eigenvalue weighted by atomic mass is 79.9. The van der Waals surface area contributed by atoms with Crippen LogP contribution in [0.25, 0.3) is 0 Å². The Morgan fingerprint density at radius 2 is 1.73 bits per heavy atom. The van der Waals surface area contributed by atoms with E-state index in [1.165, 1.54) is 44.6 Å². The second kappa shape index (κ2) is 7.34. The van der Waals surface area contributed by atoms with Gasteiger partial charge in [-0.1, -0.05) is 48.0 Å². The number of halogens is 2. The van der Waals surface area contributed by atoms with Crippen molar-refractivity contribution in [3.8, 4) is 5.75 Å². The Balaban J connectivity index is 1.33. The average Bonchev–Trinajstić information content (AvgIpc) is 2.64. The van der Waals surface area contributed by atoms with Crippen molar-refractivity contribution in [1.29, 1.82) is 0 Å². The minimum Gasteiger partial charge on any atom is -0.488 e. The fourth-order valence-corrected chi connectivity index (χ4v) is 7.93. The van der Waals surface area contributed by atoms with Gasteiger partial charge in [-0.3, -0.25) is 0 Å². The zero-order valence-electron chi connectivity index (χ0n) is 17.9. The predicted molar refractivity (Wildman–Crippen MR) is 122 cm³/mol. The SMILES string of the molecule is C[C@]12CC3CC(NCc4cc(Br)ccc4OCc4ccccc4F)(C1)C[C@@](C)(C3)C2. The van der Waals surface area contributed by atoms with Crippen molar-refractivity contribution in [2.45, 2.75) is 71.1 Å². The van der Waals surface area contributed by atoms with Gasteiger partial charge in [0.25, 0.3) is 0 Å².